The molecule has 0 saturated carbocycles. The molecule has 0 atom stereocenters. The second-order valence-electron chi connectivity index (χ2n) is 5.86. The summed E-state index contributed by atoms with van der Waals surface area (Å²) in [5.74, 6) is 0. The van der Waals surface area contributed by atoms with Crippen molar-refractivity contribution in [3.8, 4) is 0 Å². The zero-order chi connectivity index (χ0) is 14.3. The van der Waals surface area contributed by atoms with E-state index in [4.69, 9.17) is 4.65 Å². The van der Waals surface area contributed by atoms with Crippen molar-refractivity contribution in [2.75, 3.05) is 27.7 Å². The van der Waals surface area contributed by atoms with Crippen LogP contribution in [0.3, 0.4) is 0 Å². The van der Waals surface area contributed by atoms with E-state index in [1.165, 1.54) is 19.1 Å². The Bertz CT molecular complexity index is 265. The van der Waals surface area contributed by atoms with Gasteiger partial charge in [0, 0.05) is 0 Å². The van der Waals surface area contributed by atoms with E-state index < -0.39 is 26.1 Å². The number of aliphatic hydroxyl groups is 1. The Kier molecular flexibility index (Phi) is 8.90. The van der Waals surface area contributed by atoms with Crippen molar-refractivity contribution in [3.63, 3.8) is 0 Å². The standard InChI is InChI=1S/C12H27BNO.2CH3.Sn/c1-7-12(10-11-14(4)5)13(8-2,9-3)15-6;;;/h15H,7-9,11H2,1-6H3;2*1H3;. The van der Waals surface area contributed by atoms with Gasteiger partial charge in [0.25, 0.3) is 0 Å². The van der Waals surface area contributed by atoms with E-state index in [-0.39, 0.29) is 0 Å². The molecule has 0 fully saturated rings. The number of likely N-dealkylation sites (N-methyl/N-ethyl adjacent to an activating group) is 1. The van der Waals surface area contributed by atoms with Gasteiger partial charge in [0.1, 0.15) is 0 Å². The molecule has 0 amide bonds. The SMILES string of the molecule is CC/C(=[C](\CN(C)C)[Sn]([CH3])[CH3])[B-](CC)(CC)[OH+]C. The summed E-state index contributed by atoms with van der Waals surface area (Å²) in [6.45, 7) is 8.11. The first-order valence-corrected chi connectivity index (χ1v) is 14.5. The van der Waals surface area contributed by atoms with Crippen LogP contribution < -0.4 is 0 Å². The van der Waals surface area contributed by atoms with Crippen molar-refractivity contribution in [2.24, 2.45) is 0 Å². The molecule has 0 bridgehead atoms. The summed E-state index contributed by atoms with van der Waals surface area (Å²) >= 11 is -1.34. The molecule has 0 aliphatic heterocycles. The fraction of sp³-hybridized carbons (Fsp3) is 0.857. The van der Waals surface area contributed by atoms with Gasteiger partial charge in [0.15, 0.2) is 0 Å². The van der Waals surface area contributed by atoms with Crippen LogP contribution in [0.1, 0.15) is 27.2 Å². The molecule has 0 aliphatic carbocycles. The second kappa shape index (κ2) is 8.65. The van der Waals surface area contributed by atoms with E-state index in [0.717, 1.165) is 6.54 Å². The third-order valence-corrected chi connectivity index (χ3v) is 9.15. The molecule has 18 heavy (non-hydrogen) atoms. The maximum absolute atomic E-state index is 4.86. The molecule has 107 valence electrons. The van der Waals surface area contributed by atoms with Crippen LogP contribution >= 0.6 is 0 Å². The molecule has 0 aliphatic rings. The number of hydrogen-bond donors (Lipinski definition) is 0. The molecule has 0 aromatic heterocycles. The van der Waals surface area contributed by atoms with Gasteiger partial charge in [0.2, 0.25) is 0 Å². The molecule has 0 saturated heterocycles. The van der Waals surface area contributed by atoms with Gasteiger partial charge in [-0.2, -0.15) is 0 Å². The third kappa shape index (κ3) is 4.57. The number of rotatable bonds is 8. The van der Waals surface area contributed by atoms with E-state index in [1.807, 2.05) is 7.11 Å². The van der Waals surface area contributed by atoms with Crippen LogP contribution in [0.5, 0.6) is 0 Å². The predicted molar refractivity (Wildman–Crippen MR) is 88.2 cm³/mol. The Morgan fingerprint density at radius 2 is 1.61 bits per heavy atom. The zero-order valence-electron chi connectivity index (χ0n) is 13.8. The summed E-state index contributed by atoms with van der Waals surface area (Å²) in [4.78, 5) is 7.36. The van der Waals surface area contributed by atoms with Crippen molar-refractivity contribution in [2.45, 2.75) is 49.7 Å². The summed E-state index contributed by atoms with van der Waals surface area (Å²) in [5.41, 5.74) is 1.72. The van der Waals surface area contributed by atoms with E-state index in [2.05, 4.69) is 49.6 Å². The zero-order valence-corrected chi connectivity index (χ0v) is 16.7. The van der Waals surface area contributed by atoms with Crippen LogP contribution in [0.15, 0.2) is 9.06 Å². The summed E-state index contributed by atoms with van der Waals surface area (Å²) in [6.07, 6.45) is 2.96. The molecular formula is C14H33BNOSn. The normalized spacial score (nSPS) is 14.3. The van der Waals surface area contributed by atoms with Crippen molar-refractivity contribution in [3.05, 3.63) is 9.06 Å². The Balaban J connectivity index is 5.66. The van der Waals surface area contributed by atoms with E-state index in [0.29, 0.717) is 0 Å². The second-order valence-corrected chi connectivity index (χ2v) is 13.3. The molecular weight excluding hydrogens is 328 g/mol. The quantitative estimate of drug-likeness (QED) is 0.479. The van der Waals surface area contributed by atoms with Gasteiger partial charge < -0.3 is 0 Å². The Hall–Kier alpha value is 0.524. The van der Waals surface area contributed by atoms with Gasteiger partial charge in [-0.15, -0.1) is 0 Å². The van der Waals surface area contributed by atoms with E-state index >= 15 is 0 Å². The van der Waals surface area contributed by atoms with Crippen LogP contribution in [0, 0.1) is 0 Å². The van der Waals surface area contributed by atoms with Gasteiger partial charge in [-0.05, 0) is 0 Å². The number of nitrogens with zero attached hydrogens (tertiary/aromatic N) is 1. The molecule has 1 radical (unpaired) electrons. The van der Waals surface area contributed by atoms with Crippen LogP contribution in [0.25, 0.3) is 0 Å². The van der Waals surface area contributed by atoms with Crippen LogP contribution in [0.2, 0.25) is 22.5 Å². The van der Waals surface area contributed by atoms with Gasteiger partial charge in [-0.1, -0.05) is 0 Å². The predicted octanol–water partition coefficient (Wildman–Crippen LogP) is 3.23. The molecule has 0 aromatic carbocycles. The molecule has 0 aromatic rings. The van der Waals surface area contributed by atoms with Gasteiger partial charge in [-0.3, -0.25) is 0 Å². The van der Waals surface area contributed by atoms with E-state index in [1.54, 1.807) is 9.06 Å². The average molecular weight is 361 g/mol. The van der Waals surface area contributed by atoms with Crippen molar-refractivity contribution < 1.29 is 4.65 Å². The summed E-state index contributed by atoms with van der Waals surface area (Å²) in [5, 5.41) is 0. The van der Waals surface area contributed by atoms with Crippen LogP contribution in [-0.2, 0) is 0 Å². The molecule has 2 nitrogen and oxygen atoms in total. The molecule has 4 heteroatoms. The monoisotopic (exact) mass is 362 g/mol. The minimum atomic E-state index is -1.34. The van der Waals surface area contributed by atoms with Crippen molar-refractivity contribution >= 4 is 26.1 Å². The fourth-order valence-electron chi connectivity index (χ4n) is 3.12. The molecule has 0 spiro atoms. The first-order chi connectivity index (χ1) is 8.38. The first kappa shape index (κ1) is 18.5. The van der Waals surface area contributed by atoms with Crippen LogP contribution in [-0.4, -0.2) is 63.4 Å². The molecule has 0 rings (SSSR count). The Labute approximate surface area is 122 Å². The summed E-state index contributed by atoms with van der Waals surface area (Å²) < 4.78 is 6.66. The average Bonchev–Trinajstić information content (AvgIpc) is 2.33. The van der Waals surface area contributed by atoms with Gasteiger partial charge >= 0.3 is 122 Å². The maximum atomic E-state index is 4.86. The topological polar surface area (TPSA) is 16.0 Å². The van der Waals surface area contributed by atoms with E-state index in [9.17, 15) is 0 Å². The Morgan fingerprint density at radius 3 is 1.83 bits per heavy atom. The molecule has 0 unspecified atom stereocenters. The minimum absolute atomic E-state index is 0.621. The van der Waals surface area contributed by atoms with Gasteiger partial charge in [-0.25, -0.2) is 0 Å². The molecule has 0 heterocycles. The van der Waals surface area contributed by atoms with Crippen molar-refractivity contribution in [1.29, 1.82) is 0 Å². The van der Waals surface area contributed by atoms with Crippen molar-refractivity contribution in [1.82, 2.24) is 4.90 Å². The number of hydrogen-bond acceptors (Lipinski definition) is 1. The summed E-state index contributed by atoms with van der Waals surface area (Å²) in [7, 11) is 6.41. The van der Waals surface area contributed by atoms with Crippen LogP contribution in [0.4, 0.5) is 0 Å². The fourth-order valence-corrected chi connectivity index (χ4v) is 8.03. The number of allylic oxidation sites excluding steroid dienone is 1. The molecule has 1 N–H and O–H groups in total. The first-order valence-electron chi connectivity index (χ1n) is 7.35. The third-order valence-electron chi connectivity index (χ3n) is 4.34. The summed E-state index contributed by atoms with van der Waals surface area (Å²) in [6, 6.07) is 0. The Morgan fingerprint density at radius 1 is 1.11 bits per heavy atom. The van der Waals surface area contributed by atoms with Gasteiger partial charge in [0.05, 0.1) is 0 Å².